The maximum Gasteiger partial charge on any atom is 0.285 e. The fraction of sp³-hybridized carbons (Fsp3) is 0.462. The summed E-state index contributed by atoms with van der Waals surface area (Å²) in [4.78, 5) is 23.2. The van der Waals surface area contributed by atoms with Crippen molar-refractivity contribution in [1.82, 2.24) is 9.99 Å². The Morgan fingerprint density at radius 1 is 1.08 bits per heavy atom. The van der Waals surface area contributed by atoms with Crippen molar-refractivity contribution in [3.8, 4) is 0 Å². The van der Waals surface area contributed by atoms with E-state index in [0.717, 1.165) is 24.3 Å². The molecule has 0 fully saturated rings. The number of nitrogens with zero attached hydrogens (tertiary/aromatic N) is 4. The number of rotatable bonds is 16. The van der Waals surface area contributed by atoms with Crippen molar-refractivity contribution in [2.24, 2.45) is 10.4 Å². The number of oxime groups is 1. The maximum atomic E-state index is 13.3. The van der Waals surface area contributed by atoms with Crippen molar-refractivity contribution in [2.45, 2.75) is 58.8 Å². The van der Waals surface area contributed by atoms with Gasteiger partial charge < -0.3 is 19.6 Å². The second kappa shape index (κ2) is 15.4. The first kappa shape index (κ1) is 29.5. The van der Waals surface area contributed by atoms with Crippen molar-refractivity contribution >= 4 is 23.3 Å². The van der Waals surface area contributed by atoms with E-state index >= 15 is 0 Å². The number of unbranched alkanes of at least 4 members (excludes halogenated alkanes) is 1. The third-order valence-corrected chi connectivity index (χ3v) is 5.28. The van der Waals surface area contributed by atoms with E-state index in [0.29, 0.717) is 36.7 Å². The van der Waals surface area contributed by atoms with E-state index in [1.165, 1.54) is 7.05 Å². The predicted octanol–water partition coefficient (Wildman–Crippen LogP) is 5.15. The number of anilines is 1. The summed E-state index contributed by atoms with van der Waals surface area (Å²) >= 11 is 0. The van der Waals surface area contributed by atoms with Gasteiger partial charge in [0, 0.05) is 25.6 Å². The molecule has 2 rings (SSSR count). The minimum absolute atomic E-state index is 0.00612. The Morgan fingerprint density at radius 2 is 1.84 bits per heavy atom. The van der Waals surface area contributed by atoms with Gasteiger partial charge in [0.05, 0.1) is 12.3 Å². The van der Waals surface area contributed by atoms with E-state index in [9.17, 15) is 4.79 Å². The van der Waals surface area contributed by atoms with Gasteiger partial charge in [-0.1, -0.05) is 67.0 Å². The molecule has 200 valence electrons. The second-order valence-corrected chi connectivity index (χ2v) is 8.16. The normalized spacial score (nSPS) is 12.9. The molecule has 0 bridgehead atoms. The number of aromatic nitrogens is 1. The van der Waals surface area contributed by atoms with Crippen LogP contribution in [0.15, 0.2) is 58.9 Å². The number of hydrogen-bond acceptors (Lipinski definition) is 9. The lowest BCUT2D eigenvalue weighted by molar-refractivity contribution is -0.228. The first-order valence-electron chi connectivity index (χ1n) is 12.4. The monoisotopic (exact) mass is 511 g/mol. The van der Waals surface area contributed by atoms with Crippen molar-refractivity contribution in [3.63, 3.8) is 0 Å². The highest BCUT2D eigenvalue weighted by molar-refractivity contribution is 6.46. The quantitative estimate of drug-likeness (QED) is 0.0934. The van der Waals surface area contributed by atoms with Crippen LogP contribution in [0.3, 0.4) is 0 Å². The standard InChI is InChI=1S/C26H37N7O4/c1-5-8-17-26(35-7-3,36-18-6-2)25(34)30-22-16-12-15-21(29-22)19-37-31-23(24(27)33(4)32-28)20-13-10-9-11-14-20/h9-16,27-28H,5-8,17-19H2,1-4H3,(H,29,30,34)/b27-24?,31-23-,32-28?. The van der Waals surface area contributed by atoms with E-state index in [4.69, 9.17) is 25.3 Å². The van der Waals surface area contributed by atoms with Gasteiger partial charge in [0.1, 0.15) is 5.82 Å². The average Bonchev–Trinajstić information content (AvgIpc) is 2.92. The smallest absolute Gasteiger partial charge is 0.285 e. The zero-order valence-corrected chi connectivity index (χ0v) is 22.0. The van der Waals surface area contributed by atoms with Gasteiger partial charge in [-0.05, 0) is 31.9 Å². The van der Waals surface area contributed by atoms with E-state index in [1.54, 1.807) is 30.3 Å². The van der Waals surface area contributed by atoms with Crippen LogP contribution in [0.4, 0.5) is 5.82 Å². The number of carbonyl (C=O) groups is 1. The van der Waals surface area contributed by atoms with E-state index in [1.807, 2.05) is 39.0 Å². The van der Waals surface area contributed by atoms with Crippen molar-refractivity contribution < 1.29 is 19.1 Å². The van der Waals surface area contributed by atoms with Crippen LogP contribution >= 0.6 is 0 Å². The molecule has 11 heteroatoms. The molecule has 0 aliphatic rings. The van der Waals surface area contributed by atoms with Crippen molar-refractivity contribution in [3.05, 3.63) is 59.8 Å². The number of amidine groups is 1. The highest BCUT2D eigenvalue weighted by atomic mass is 16.7. The van der Waals surface area contributed by atoms with Crippen LogP contribution in [-0.4, -0.2) is 53.5 Å². The lowest BCUT2D eigenvalue weighted by Crippen LogP contribution is -2.48. The minimum Gasteiger partial charge on any atom is -0.389 e. The predicted molar refractivity (Wildman–Crippen MR) is 141 cm³/mol. The molecule has 0 saturated heterocycles. The number of amides is 1. The van der Waals surface area contributed by atoms with E-state index in [2.05, 4.69) is 20.7 Å². The highest BCUT2D eigenvalue weighted by Gasteiger charge is 2.40. The molecular formula is C26H37N7O4. The first-order chi connectivity index (χ1) is 17.9. The summed E-state index contributed by atoms with van der Waals surface area (Å²) in [7, 11) is 1.48. The molecule has 1 amide bonds. The zero-order chi connectivity index (χ0) is 27.1. The van der Waals surface area contributed by atoms with Crippen LogP contribution in [0.1, 0.15) is 57.7 Å². The van der Waals surface area contributed by atoms with Crippen molar-refractivity contribution in [1.29, 1.82) is 10.9 Å². The van der Waals surface area contributed by atoms with Crippen LogP contribution in [-0.2, 0) is 25.7 Å². The summed E-state index contributed by atoms with van der Waals surface area (Å²) in [6.07, 6.45) is 2.87. The van der Waals surface area contributed by atoms with E-state index < -0.39 is 11.7 Å². The summed E-state index contributed by atoms with van der Waals surface area (Å²) in [5.74, 6) is -1.54. The van der Waals surface area contributed by atoms with Crippen LogP contribution in [0.5, 0.6) is 0 Å². The molecule has 11 nitrogen and oxygen atoms in total. The lowest BCUT2D eigenvalue weighted by Gasteiger charge is -2.32. The molecule has 0 aliphatic heterocycles. The maximum absolute atomic E-state index is 13.3. The third-order valence-electron chi connectivity index (χ3n) is 5.28. The van der Waals surface area contributed by atoms with Crippen molar-refractivity contribution in [2.75, 3.05) is 25.6 Å². The van der Waals surface area contributed by atoms with Crippen LogP contribution in [0.2, 0.25) is 0 Å². The van der Waals surface area contributed by atoms with Gasteiger partial charge in [0.15, 0.2) is 18.2 Å². The molecular weight excluding hydrogens is 474 g/mol. The largest absolute Gasteiger partial charge is 0.389 e. The summed E-state index contributed by atoms with van der Waals surface area (Å²) < 4.78 is 11.8. The SMILES string of the molecule is CCCCC(OCC)(OCCC)C(=O)Nc1cccc(CO/N=C(\C(=N)N(C)N=N)c2ccccc2)n1. The Hall–Kier alpha value is -3.70. The zero-order valence-electron chi connectivity index (χ0n) is 22.0. The van der Waals surface area contributed by atoms with Crippen LogP contribution in [0.25, 0.3) is 0 Å². The summed E-state index contributed by atoms with van der Waals surface area (Å²) in [5, 5.41) is 19.6. The molecule has 3 N–H and O–H groups in total. The van der Waals surface area contributed by atoms with Gasteiger partial charge in [0.2, 0.25) is 5.79 Å². The Labute approximate surface area is 218 Å². The fourth-order valence-corrected chi connectivity index (χ4v) is 3.38. The topological polar surface area (TPSA) is 145 Å². The van der Waals surface area contributed by atoms with Gasteiger partial charge in [-0.3, -0.25) is 10.2 Å². The number of carbonyl (C=O) groups excluding carboxylic acids is 1. The minimum atomic E-state index is -1.38. The summed E-state index contributed by atoms with van der Waals surface area (Å²) in [6.45, 7) is 6.59. The lowest BCUT2D eigenvalue weighted by atomic mass is 10.1. The van der Waals surface area contributed by atoms with Gasteiger partial charge in [-0.2, -0.15) is 5.53 Å². The molecule has 0 spiro atoms. The molecule has 1 heterocycles. The molecule has 0 saturated carbocycles. The highest BCUT2D eigenvalue weighted by Crippen LogP contribution is 2.24. The number of nitrogens with one attached hydrogen (secondary N) is 3. The molecule has 1 unspecified atom stereocenters. The molecule has 2 aromatic rings. The number of benzene rings is 1. The molecule has 1 atom stereocenters. The molecule has 1 aromatic heterocycles. The van der Waals surface area contributed by atoms with E-state index in [-0.39, 0.29) is 18.2 Å². The number of likely N-dealkylation sites (N-methyl/N-ethyl adjacent to an activating group) is 1. The van der Waals surface area contributed by atoms with Gasteiger partial charge >= 0.3 is 0 Å². The third kappa shape index (κ3) is 8.72. The Balaban J connectivity index is 2.18. The van der Waals surface area contributed by atoms with Crippen LogP contribution < -0.4 is 5.32 Å². The summed E-state index contributed by atoms with van der Waals surface area (Å²) in [6, 6.07) is 14.2. The van der Waals surface area contributed by atoms with Gasteiger partial charge in [0.25, 0.3) is 5.91 Å². The Bertz CT molecular complexity index is 1040. The fourth-order valence-electron chi connectivity index (χ4n) is 3.38. The number of pyridine rings is 1. The van der Waals surface area contributed by atoms with Crippen LogP contribution in [0, 0.1) is 10.9 Å². The number of ether oxygens (including phenoxy) is 2. The first-order valence-corrected chi connectivity index (χ1v) is 12.4. The molecule has 0 aliphatic carbocycles. The second-order valence-electron chi connectivity index (χ2n) is 8.16. The molecule has 1 aromatic carbocycles. The molecule has 0 radical (unpaired) electrons. The van der Waals surface area contributed by atoms with Gasteiger partial charge in [-0.15, -0.1) is 0 Å². The number of hydrogen-bond donors (Lipinski definition) is 3. The average molecular weight is 512 g/mol. The Morgan fingerprint density at radius 3 is 2.49 bits per heavy atom. The summed E-state index contributed by atoms with van der Waals surface area (Å²) in [5.41, 5.74) is 8.56. The molecule has 37 heavy (non-hydrogen) atoms. The van der Waals surface area contributed by atoms with Gasteiger partial charge in [-0.25, -0.2) is 9.99 Å². The Kier molecular flexibility index (Phi) is 12.3.